The van der Waals surface area contributed by atoms with Gasteiger partial charge in [-0.3, -0.25) is 9.69 Å². The van der Waals surface area contributed by atoms with Crippen LogP contribution in [-0.2, 0) is 19.5 Å². The number of aromatic nitrogens is 3. The first-order chi connectivity index (χ1) is 11.7. The van der Waals surface area contributed by atoms with E-state index in [1.165, 1.54) is 11.8 Å². The van der Waals surface area contributed by atoms with Crippen molar-refractivity contribution in [2.75, 3.05) is 12.8 Å². The molecule has 124 valence electrons. The van der Waals surface area contributed by atoms with E-state index in [0.717, 1.165) is 29.9 Å². The van der Waals surface area contributed by atoms with Crippen molar-refractivity contribution in [3.63, 3.8) is 0 Å². The third-order valence-corrected chi connectivity index (χ3v) is 4.61. The van der Waals surface area contributed by atoms with E-state index in [-0.39, 0.29) is 5.56 Å². The lowest BCUT2D eigenvalue weighted by atomic mass is 10.1. The molecule has 0 fully saturated rings. The Bertz CT molecular complexity index is 900. The Morgan fingerprint density at radius 2 is 2.33 bits per heavy atom. The standard InChI is InChI=1S/C16H16N4O3S/c1-24-16-17-12-4-5-20(9-11(12)15(21)18-16)8-10-7-14(23-19-10)13-3-2-6-22-13/h2-3,6-7H,4-5,8-9H2,1H3,(H,17,18,21). The molecule has 4 rings (SSSR count). The summed E-state index contributed by atoms with van der Waals surface area (Å²) in [5.41, 5.74) is 2.41. The molecule has 3 aromatic rings. The van der Waals surface area contributed by atoms with Crippen LogP contribution in [-0.4, -0.2) is 32.8 Å². The van der Waals surface area contributed by atoms with Crippen molar-refractivity contribution < 1.29 is 8.94 Å². The van der Waals surface area contributed by atoms with Crippen molar-refractivity contribution in [1.29, 1.82) is 0 Å². The summed E-state index contributed by atoms with van der Waals surface area (Å²) >= 11 is 1.45. The number of hydrogen-bond acceptors (Lipinski definition) is 7. The van der Waals surface area contributed by atoms with Crippen LogP contribution >= 0.6 is 11.8 Å². The molecule has 0 atom stereocenters. The number of fused-ring (bicyclic) bond motifs is 1. The lowest BCUT2D eigenvalue weighted by Crippen LogP contribution is -2.35. The van der Waals surface area contributed by atoms with Gasteiger partial charge in [0.05, 0.1) is 23.2 Å². The van der Waals surface area contributed by atoms with E-state index in [9.17, 15) is 4.79 Å². The molecule has 3 aromatic heterocycles. The van der Waals surface area contributed by atoms with Gasteiger partial charge in [0.2, 0.25) is 5.76 Å². The fraction of sp³-hybridized carbons (Fsp3) is 0.312. The van der Waals surface area contributed by atoms with Gasteiger partial charge in [0, 0.05) is 32.1 Å². The van der Waals surface area contributed by atoms with Gasteiger partial charge in [-0.1, -0.05) is 16.9 Å². The van der Waals surface area contributed by atoms with Crippen LogP contribution in [0.1, 0.15) is 17.0 Å². The van der Waals surface area contributed by atoms with E-state index in [4.69, 9.17) is 8.94 Å². The third kappa shape index (κ3) is 2.90. The molecule has 24 heavy (non-hydrogen) atoms. The number of aromatic amines is 1. The van der Waals surface area contributed by atoms with Crippen molar-refractivity contribution in [2.24, 2.45) is 0 Å². The summed E-state index contributed by atoms with van der Waals surface area (Å²) in [5, 5.41) is 4.76. The second kappa shape index (κ2) is 6.29. The van der Waals surface area contributed by atoms with Gasteiger partial charge in [-0.15, -0.1) is 0 Å². The molecular formula is C16H16N4O3S. The van der Waals surface area contributed by atoms with E-state index >= 15 is 0 Å². The molecule has 0 aromatic carbocycles. The first-order valence-corrected chi connectivity index (χ1v) is 8.83. The maximum atomic E-state index is 12.2. The zero-order chi connectivity index (χ0) is 16.5. The number of nitrogens with zero attached hydrogens (tertiary/aromatic N) is 3. The summed E-state index contributed by atoms with van der Waals surface area (Å²) in [5.74, 6) is 1.26. The van der Waals surface area contributed by atoms with Gasteiger partial charge in [-0.2, -0.15) is 0 Å². The van der Waals surface area contributed by atoms with E-state index in [1.807, 2.05) is 18.4 Å². The molecule has 0 aliphatic carbocycles. The quantitative estimate of drug-likeness (QED) is 0.574. The first-order valence-electron chi connectivity index (χ1n) is 7.61. The fourth-order valence-corrected chi connectivity index (χ4v) is 3.24. The monoisotopic (exact) mass is 344 g/mol. The zero-order valence-corrected chi connectivity index (χ0v) is 13.9. The minimum Gasteiger partial charge on any atom is -0.461 e. The molecule has 0 saturated carbocycles. The molecular weight excluding hydrogens is 328 g/mol. The minimum absolute atomic E-state index is 0.0505. The SMILES string of the molecule is CSc1nc2c(c(=O)[nH]1)CN(Cc1cc(-c3ccco3)on1)CC2. The maximum absolute atomic E-state index is 12.2. The Morgan fingerprint density at radius 1 is 1.42 bits per heavy atom. The molecule has 1 aliphatic heterocycles. The summed E-state index contributed by atoms with van der Waals surface area (Å²) in [6.07, 6.45) is 4.26. The minimum atomic E-state index is -0.0505. The molecule has 1 N–H and O–H groups in total. The molecule has 0 radical (unpaired) electrons. The number of nitrogens with one attached hydrogen (secondary N) is 1. The van der Waals surface area contributed by atoms with E-state index < -0.39 is 0 Å². The van der Waals surface area contributed by atoms with E-state index in [1.54, 1.807) is 12.3 Å². The number of hydrogen-bond donors (Lipinski definition) is 1. The normalized spacial score (nSPS) is 14.7. The van der Waals surface area contributed by atoms with Crippen molar-refractivity contribution in [1.82, 2.24) is 20.0 Å². The highest BCUT2D eigenvalue weighted by Gasteiger charge is 2.22. The molecule has 0 bridgehead atoms. The highest BCUT2D eigenvalue weighted by molar-refractivity contribution is 7.98. The Hall–Kier alpha value is -2.32. The summed E-state index contributed by atoms with van der Waals surface area (Å²) in [6.45, 7) is 2.02. The van der Waals surface area contributed by atoms with Crippen LogP contribution in [0.5, 0.6) is 0 Å². The average molecular weight is 344 g/mol. The van der Waals surface area contributed by atoms with Crippen molar-refractivity contribution in [3.8, 4) is 11.5 Å². The summed E-state index contributed by atoms with van der Waals surface area (Å²) in [7, 11) is 0. The van der Waals surface area contributed by atoms with Crippen LogP contribution in [0.2, 0.25) is 0 Å². The smallest absolute Gasteiger partial charge is 0.256 e. The van der Waals surface area contributed by atoms with Gasteiger partial charge in [-0.05, 0) is 18.4 Å². The van der Waals surface area contributed by atoms with Gasteiger partial charge in [0.1, 0.15) is 0 Å². The molecule has 8 heteroatoms. The zero-order valence-electron chi connectivity index (χ0n) is 13.1. The molecule has 1 aliphatic rings. The second-order valence-corrected chi connectivity index (χ2v) is 6.42. The Balaban J connectivity index is 1.50. The van der Waals surface area contributed by atoms with Gasteiger partial charge in [-0.25, -0.2) is 4.98 Å². The van der Waals surface area contributed by atoms with E-state index in [0.29, 0.717) is 29.8 Å². The highest BCUT2D eigenvalue weighted by Crippen LogP contribution is 2.23. The molecule has 0 spiro atoms. The second-order valence-electron chi connectivity index (χ2n) is 5.62. The summed E-state index contributed by atoms with van der Waals surface area (Å²) < 4.78 is 10.6. The molecule has 0 unspecified atom stereocenters. The molecule has 0 saturated heterocycles. The van der Waals surface area contributed by atoms with Gasteiger partial charge >= 0.3 is 0 Å². The van der Waals surface area contributed by atoms with Gasteiger partial charge in [0.15, 0.2) is 10.9 Å². The predicted octanol–water partition coefficient (Wildman–Crippen LogP) is 2.30. The highest BCUT2D eigenvalue weighted by atomic mass is 32.2. The van der Waals surface area contributed by atoms with Crippen molar-refractivity contribution in [2.45, 2.75) is 24.7 Å². The average Bonchev–Trinajstić information content (AvgIpc) is 3.26. The Morgan fingerprint density at radius 3 is 3.12 bits per heavy atom. The van der Waals surface area contributed by atoms with E-state index in [2.05, 4.69) is 20.0 Å². The molecule has 4 heterocycles. The van der Waals surface area contributed by atoms with Crippen LogP contribution in [0, 0.1) is 0 Å². The third-order valence-electron chi connectivity index (χ3n) is 4.03. The summed E-state index contributed by atoms with van der Waals surface area (Å²) in [6, 6.07) is 5.50. The number of thioether (sulfide) groups is 1. The lowest BCUT2D eigenvalue weighted by molar-refractivity contribution is 0.233. The van der Waals surface area contributed by atoms with Crippen LogP contribution in [0.25, 0.3) is 11.5 Å². The largest absolute Gasteiger partial charge is 0.461 e. The van der Waals surface area contributed by atoms with Gasteiger partial charge in [0.25, 0.3) is 5.56 Å². The van der Waals surface area contributed by atoms with Crippen LogP contribution < -0.4 is 5.56 Å². The lowest BCUT2D eigenvalue weighted by Gasteiger charge is -2.26. The van der Waals surface area contributed by atoms with Crippen molar-refractivity contribution in [3.05, 3.63) is 51.8 Å². The fourth-order valence-electron chi connectivity index (χ4n) is 2.84. The van der Waals surface area contributed by atoms with Crippen LogP contribution in [0.3, 0.4) is 0 Å². The number of furan rings is 1. The molecule has 7 nitrogen and oxygen atoms in total. The first kappa shape index (κ1) is 15.2. The van der Waals surface area contributed by atoms with Crippen LogP contribution in [0.4, 0.5) is 0 Å². The Kier molecular flexibility index (Phi) is 3.99. The van der Waals surface area contributed by atoms with Gasteiger partial charge < -0.3 is 13.9 Å². The Labute approximate surface area is 142 Å². The summed E-state index contributed by atoms with van der Waals surface area (Å²) in [4.78, 5) is 21.7. The molecule has 0 amide bonds. The number of rotatable bonds is 4. The maximum Gasteiger partial charge on any atom is 0.256 e. The number of H-pyrrole nitrogens is 1. The van der Waals surface area contributed by atoms with Crippen molar-refractivity contribution >= 4 is 11.8 Å². The topological polar surface area (TPSA) is 88.2 Å². The predicted molar refractivity (Wildman–Crippen MR) is 88.7 cm³/mol. The van der Waals surface area contributed by atoms with Crippen LogP contribution in [0.15, 0.2) is 43.4 Å².